The van der Waals surface area contributed by atoms with Gasteiger partial charge in [-0.15, -0.1) is 0 Å². The van der Waals surface area contributed by atoms with Crippen LogP contribution in [0.2, 0.25) is 0 Å². The van der Waals surface area contributed by atoms with Crippen molar-refractivity contribution in [3.05, 3.63) is 65.7 Å². The Labute approximate surface area is 174 Å². The molecule has 0 aliphatic carbocycles. The largest absolute Gasteiger partial charge is 0.483 e. The highest BCUT2D eigenvalue weighted by atomic mass is 16.5. The van der Waals surface area contributed by atoms with E-state index in [4.69, 9.17) is 4.74 Å². The first-order valence-corrected chi connectivity index (χ1v) is 10.1. The van der Waals surface area contributed by atoms with E-state index in [1.165, 1.54) is 0 Å². The summed E-state index contributed by atoms with van der Waals surface area (Å²) in [6, 6.07) is 16.8. The predicted molar refractivity (Wildman–Crippen MR) is 116 cm³/mol. The van der Waals surface area contributed by atoms with Gasteiger partial charge in [0.05, 0.1) is 0 Å². The van der Waals surface area contributed by atoms with Gasteiger partial charge < -0.3 is 15.0 Å². The van der Waals surface area contributed by atoms with Gasteiger partial charge in [0.1, 0.15) is 11.8 Å². The standard InChI is InChI=1S/C24H32N2O3/c1-17(2)21-13-9-10-14-22(21)29-16-23(27)26(15-20-11-7-6-8-12-20)19(5)24(28)25-18(3)4/h6-14,17-19H,15-16H2,1-5H3,(H,25,28)/t19-/m1/s1. The Kier molecular flexibility index (Phi) is 8.25. The molecule has 0 fully saturated rings. The number of amides is 2. The van der Waals surface area contributed by atoms with Crippen LogP contribution in [0, 0.1) is 0 Å². The average Bonchev–Trinajstić information content (AvgIpc) is 2.70. The molecule has 0 aliphatic rings. The van der Waals surface area contributed by atoms with E-state index in [1.54, 1.807) is 11.8 Å². The second-order valence-corrected chi connectivity index (χ2v) is 7.83. The van der Waals surface area contributed by atoms with Gasteiger partial charge in [0.25, 0.3) is 5.91 Å². The summed E-state index contributed by atoms with van der Waals surface area (Å²) in [5, 5.41) is 2.89. The molecule has 1 N–H and O–H groups in total. The third-order valence-electron chi connectivity index (χ3n) is 4.69. The Balaban J connectivity index is 2.16. The van der Waals surface area contributed by atoms with Crippen LogP contribution < -0.4 is 10.1 Å². The molecule has 0 unspecified atom stereocenters. The lowest BCUT2D eigenvalue weighted by Gasteiger charge is -2.29. The minimum atomic E-state index is -0.603. The smallest absolute Gasteiger partial charge is 0.261 e. The van der Waals surface area contributed by atoms with E-state index in [2.05, 4.69) is 19.2 Å². The number of nitrogens with one attached hydrogen (secondary N) is 1. The monoisotopic (exact) mass is 396 g/mol. The number of rotatable bonds is 9. The van der Waals surface area contributed by atoms with Gasteiger partial charge in [-0.3, -0.25) is 9.59 Å². The summed E-state index contributed by atoms with van der Waals surface area (Å²) in [5.74, 6) is 0.595. The van der Waals surface area contributed by atoms with Gasteiger partial charge in [-0.1, -0.05) is 62.4 Å². The summed E-state index contributed by atoms with van der Waals surface area (Å²) in [7, 11) is 0. The Hall–Kier alpha value is -2.82. The van der Waals surface area contributed by atoms with Crippen LogP contribution >= 0.6 is 0 Å². The molecule has 29 heavy (non-hydrogen) atoms. The normalized spacial score (nSPS) is 12.0. The minimum Gasteiger partial charge on any atom is -0.483 e. The highest BCUT2D eigenvalue weighted by Gasteiger charge is 2.27. The van der Waals surface area contributed by atoms with E-state index >= 15 is 0 Å². The Morgan fingerprint density at radius 3 is 2.17 bits per heavy atom. The second kappa shape index (κ2) is 10.6. The molecule has 2 aromatic carbocycles. The van der Waals surface area contributed by atoms with Crippen molar-refractivity contribution in [2.75, 3.05) is 6.61 Å². The molecule has 0 radical (unpaired) electrons. The van der Waals surface area contributed by atoms with E-state index in [1.807, 2.05) is 68.4 Å². The third kappa shape index (κ3) is 6.63. The molecule has 1 atom stereocenters. The molecule has 156 valence electrons. The topological polar surface area (TPSA) is 58.6 Å². The van der Waals surface area contributed by atoms with Crippen molar-refractivity contribution in [1.29, 1.82) is 0 Å². The highest BCUT2D eigenvalue weighted by molar-refractivity contribution is 5.88. The van der Waals surface area contributed by atoms with Gasteiger partial charge >= 0.3 is 0 Å². The van der Waals surface area contributed by atoms with Crippen LogP contribution in [-0.4, -0.2) is 35.4 Å². The highest BCUT2D eigenvalue weighted by Crippen LogP contribution is 2.26. The number of benzene rings is 2. The van der Waals surface area contributed by atoms with Crippen molar-refractivity contribution >= 4 is 11.8 Å². The number of nitrogens with zero attached hydrogens (tertiary/aromatic N) is 1. The molecule has 2 aromatic rings. The molecule has 0 spiro atoms. The summed E-state index contributed by atoms with van der Waals surface area (Å²) in [6.45, 7) is 9.96. The quantitative estimate of drug-likeness (QED) is 0.693. The average molecular weight is 397 g/mol. The fourth-order valence-corrected chi connectivity index (χ4v) is 3.08. The molecule has 0 heterocycles. The van der Waals surface area contributed by atoms with Crippen LogP contribution in [0.3, 0.4) is 0 Å². The number of carbonyl (C=O) groups is 2. The van der Waals surface area contributed by atoms with Gasteiger partial charge in [0.2, 0.25) is 5.91 Å². The molecule has 0 saturated heterocycles. The number of ether oxygens (including phenoxy) is 1. The van der Waals surface area contributed by atoms with Crippen molar-refractivity contribution in [3.63, 3.8) is 0 Å². The third-order valence-corrected chi connectivity index (χ3v) is 4.69. The molecule has 0 saturated carbocycles. The minimum absolute atomic E-state index is 0.00722. The molecule has 0 aliphatic heterocycles. The molecule has 2 amide bonds. The number of hydrogen-bond donors (Lipinski definition) is 1. The Morgan fingerprint density at radius 1 is 0.931 bits per heavy atom. The first kappa shape index (κ1) is 22.5. The van der Waals surface area contributed by atoms with Crippen molar-refractivity contribution in [2.45, 2.75) is 59.2 Å². The SMILES string of the molecule is CC(C)NC(=O)[C@@H](C)N(Cc1ccccc1)C(=O)COc1ccccc1C(C)C. The maximum absolute atomic E-state index is 13.1. The van der Waals surface area contributed by atoms with Crippen molar-refractivity contribution in [3.8, 4) is 5.75 Å². The summed E-state index contributed by atoms with van der Waals surface area (Å²) < 4.78 is 5.87. The van der Waals surface area contributed by atoms with Gasteiger partial charge in [0.15, 0.2) is 6.61 Å². The zero-order chi connectivity index (χ0) is 21.4. The first-order chi connectivity index (χ1) is 13.8. The predicted octanol–water partition coefficient (Wildman–Crippen LogP) is 4.13. The maximum Gasteiger partial charge on any atom is 0.261 e. The van der Waals surface area contributed by atoms with Crippen LogP contribution in [0.5, 0.6) is 5.75 Å². The molecule has 0 aromatic heterocycles. The maximum atomic E-state index is 13.1. The summed E-state index contributed by atoms with van der Waals surface area (Å²) >= 11 is 0. The molecule has 5 nitrogen and oxygen atoms in total. The van der Waals surface area contributed by atoms with Crippen LogP contribution in [-0.2, 0) is 16.1 Å². The molecule has 2 rings (SSSR count). The zero-order valence-corrected chi connectivity index (χ0v) is 18.0. The van der Waals surface area contributed by atoms with Crippen molar-refractivity contribution < 1.29 is 14.3 Å². The fraction of sp³-hybridized carbons (Fsp3) is 0.417. The van der Waals surface area contributed by atoms with E-state index in [9.17, 15) is 9.59 Å². The molecule has 0 bridgehead atoms. The number of hydrogen-bond acceptors (Lipinski definition) is 3. The summed E-state index contributed by atoms with van der Waals surface area (Å²) in [6.07, 6.45) is 0. The lowest BCUT2D eigenvalue weighted by Crippen LogP contribution is -2.50. The van der Waals surface area contributed by atoms with Crippen LogP contribution in [0.1, 0.15) is 51.7 Å². The van der Waals surface area contributed by atoms with Gasteiger partial charge in [-0.2, -0.15) is 0 Å². The second-order valence-electron chi connectivity index (χ2n) is 7.83. The van der Waals surface area contributed by atoms with E-state index < -0.39 is 6.04 Å². The fourth-order valence-electron chi connectivity index (χ4n) is 3.08. The lowest BCUT2D eigenvalue weighted by molar-refractivity contribution is -0.142. The lowest BCUT2D eigenvalue weighted by atomic mass is 10.0. The van der Waals surface area contributed by atoms with Crippen molar-refractivity contribution in [1.82, 2.24) is 10.2 Å². The summed E-state index contributed by atoms with van der Waals surface area (Å²) in [4.78, 5) is 27.2. The van der Waals surface area contributed by atoms with Crippen LogP contribution in [0.25, 0.3) is 0 Å². The van der Waals surface area contributed by atoms with E-state index in [-0.39, 0.29) is 30.4 Å². The first-order valence-electron chi connectivity index (χ1n) is 10.1. The van der Waals surface area contributed by atoms with Crippen LogP contribution in [0.4, 0.5) is 0 Å². The zero-order valence-electron chi connectivity index (χ0n) is 18.0. The number of carbonyl (C=O) groups excluding carboxylic acids is 2. The molecule has 5 heteroatoms. The van der Waals surface area contributed by atoms with Crippen molar-refractivity contribution in [2.24, 2.45) is 0 Å². The Morgan fingerprint density at radius 2 is 1.55 bits per heavy atom. The Bertz CT molecular complexity index is 803. The molecular formula is C24H32N2O3. The van der Waals surface area contributed by atoms with Gasteiger partial charge in [-0.05, 0) is 43.9 Å². The van der Waals surface area contributed by atoms with E-state index in [0.717, 1.165) is 11.1 Å². The molecular weight excluding hydrogens is 364 g/mol. The van der Waals surface area contributed by atoms with Crippen LogP contribution in [0.15, 0.2) is 54.6 Å². The van der Waals surface area contributed by atoms with Gasteiger partial charge in [-0.25, -0.2) is 0 Å². The van der Waals surface area contributed by atoms with E-state index in [0.29, 0.717) is 12.3 Å². The summed E-state index contributed by atoms with van der Waals surface area (Å²) in [5.41, 5.74) is 2.02. The number of para-hydroxylation sites is 1. The van der Waals surface area contributed by atoms with Gasteiger partial charge in [0, 0.05) is 12.6 Å².